The van der Waals surface area contributed by atoms with Crippen molar-refractivity contribution in [3.63, 3.8) is 0 Å². The minimum Gasteiger partial charge on any atom is -0.380 e. The summed E-state index contributed by atoms with van der Waals surface area (Å²) in [6, 6.07) is 0. The summed E-state index contributed by atoms with van der Waals surface area (Å²) in [5.74, 6) is 0. The molecule has 1 unspecified atom stereocenters. The molecule has 3 nitrogen and oxygen atoms in total. The van der Waals surface area contributed by atoms with Crippen molar-refractivity contribution < 1.29 is 14.6 Å². The van der Waals surface area contributed by atoms with E-state index in [2.05, 4.69) is 0 Å². The fourth-order valence-corrected chi connectivity index (χ4v) is 1.16. The lowest BCUT2D eigenvalue weighted by atomic mass is 10.2. The van der Waals surface area contributed by atoms with Crippen LogP contribution in [0.15, 0.2) is 0 Å². The lowest BCUT2D eigenvalue weighted by Gasteiger charge is -2.20. The van der Waals surface area contributed by atoms with E-state index in [-0.39, 0.29) is 0 Å². The van der Waals surface area contributed by atoms with E-state index in [1.54, 1.807) is 13.8 Å². The molecule has 1 atom stereocenters. The number of aliphatic hydroxyl groups is 1. The van der Waals surface area contributed by atoms with Crippen LogP contribution in [-0.2, 0) is 4.57 Å². The summed E-state index contributed by atoms with van der Waals surface area (Å²) in [7, 11) is -2.77. The summed E-state index contributed by atoms with van der Waals surface area (Å²) < 4.78 is 10.4. The topological polar surface area (TPSA) is 57.5 Å². The largest absolute Gasteiger partial charge is 0.380 e. The predicted octanol–water partition coefficient (Wildman–Crippen LogP) is 0.962. The monoisotopic (exact) mass is 152 g/mol. The maximum atomic E-state index is 10.4. The second-order valence-corrected chi connectivity index (χ2v) is 3.58. The van der Waals surface area contributed by atoms with Crippen LogP contribution in [0, 0.1) is 0 Å². The second-order valence-electron chi connectivity index (χ2n) is 2.04. The molecule has 0 bridgehead atoms. The van der Waals surface area contributed by atoms with E-state index in [1.165, 1.54) is 0 Å². The molecule has 0 aromatic carbocycles. The van der Waals surface area contributed by atoms with Crippen molar-refractivity contribution in [1.82, 2.24) is 0 Å². The van der Waals surface area contributed by atoms with Gasteiger partial charge in [-0.1, -0.05) is 13.8 Å². The van der Waals surface area contributed by atoms with Crippen molar-refractivity contribution in [3.05, 3.63) is 0 Å². The molecule has 56 valence electrons. The fourth-order valence-electron chi connectivity index (χ4n) is 0.552. The molecule has 0 rings (SSSR count). The molecule has 9 heavy (non-hydrogen) atoms. The summed E-state index contributed by atoms with van der Waals surface area (Å²) in [4.78, 5) is 8.57. The van der Waals surface area contributed by atoms with Crippen LogP contribution in [0.25, 0.3) is 0 Å². The van der Waals surface area contributed by atoms with E-state index >= 15 is 0 Å². The van der Waals surface area contributed by atoms with Crippen molar-refractivity contribution in [3.8, 4) is 0 Å². The van der Waals surface area contributed by atoms with Gasteiger partial charge in [0.2, 0.25) is 8.03 Å². The third-order valence-corrected chi connectivity index (χ3v) is 3.07. The number of rotatable bonds is 3. The van der Waals surface area contributed by atoms with E-state index in [0.717, 1.165) is 0 Å². The van der Waals surface area contributed by atoms with Gasteiger partial charge in [0.25, 0.3) is 0 Å². The van der Waals surface area contributed by atoms with Gasteiger partial charge in [0.15, 0.2) is 0 Å². The molecule has 0 saturated heterocycles. The molecule has 0 radical (unpaired) electrons. The van der Waals surface area contributed by atoms with Gasteiger partial charge in [-0.05, 0) is 12.8 Å². The first-order chi connectivity index (χ1) is 4.06. The first-order valence-electron chi connectivity index (χ1n) is 3.02. The van der Waals surface area contributed by atoms with Gasteiger partial charge < -0.3 is 10.00 Å². The molecular formula is C5H13O3P. The van der Waals surface area contributed by atoms with Crippen molar-refractivity contribution in [1.29, 1.82) is 0 Å². The van der Waals surface area contributed by atoms with Crippen LogP contribution in [0.5, 0.6) is 0 Å². The fraction of sp³-hybridized carbons (Fsp3) is 1.00. The Morgan fingerprint density at radius 3 is 1.78 bits per heavy atom. The van der Waals surface area contributed by atoms with E-state index in [9.17, 15) is 9.67 Å². The zero-order valence-corrected chi connectivity index (χ0v) is 6.72. The third kappa shape index (κ3) is 2.09. The SMILES string of the molecule is CCC(O)(CC)[PH](=O)O. The van der Waals surface area contributed by atoms with Crippen LogP contribution < -0.4 is 0 Å². The van der Waals surface area contributed by atoms with Crippen LogP contribution in [0.3, 0.4) is 0 Å². The van der Waals surface area contributed by atoms with Gasteiger partial charge in [-0.15, -0.1) is 0 Å². The van der Waals surface area contributed by atoms with E-state index in [0.29, 0.717) is 12.8 Å². The van der Waals surface area contributed by atoms with Crippen LogP contribution in [0.2, 0.25) is 0 Å². The average molecular weight is 152 g/mol. The molecule has 0 aromatic heterocycles. The normalized spacial score (nSPS) is 15.6. The van der Waals surface area contributed by atoms with Crippen molar-refractivity contribution >= 4 is 8.03 Å². The van der Waals surface area contributed by atoms with Crippen LogP contribution in [0.1, 0.15) is 26.7 Å². The Morgan fingerprint density at radius 1 is 1.44 bits per heavy atom. The van der Waals surface area contributed by atoms with Gasteiger partial charge in [-0.3, -0.25) is 4.57 Å². The minimum absolute atomic E-state index is 0.345. The molecule has 0 spiro atoms. The summed E-state index contributed by atoms with van der Waals surface area (Å²) in [6.07, 6.45) is 0.690. The van der Waals surface area contributed by atoms with Crippen molar-refractivity contribution in [2.24, 2.45) is 0 Å². The summed E-state index contributed by atoms with van der Waals surface area (Å²) in [6.45, 7) is 3.39. The highest BCUT2D eigenvalue weighted by molar-refractivity contribution is 7.39. The molecule has 0 heterocycles. The lowest BCUT2D eigenvalue weighted by Crippen LogP contribution is -2.20. The van der Waals surface area contributed by atoms with Crippen LogP contribution in [0.4, 0.5) is 0 Å². The number of hydrogen-bond acceptors (Lipinski definition) is 2. The Hall–Kier alpha value is 0.150. The highest BCUT2D eigenvalue weighted by atomic mass is 31.1. The third-order valence-electron chi connectivity index (χ3n) is 1.57. The molecule has 4 heteroatoms. The Morgan fingerprint density at radius 2 is 1.78 bits per heavy atom. The molecule has 0 aliphatic heterocycles. The van der Waals surface area contributed by atoms with Crippen molar-refractivity contribution in [2.45, 2.75) is 32.0 Å². The quantitative estimate of drug-likeness (QED) is 0.592. The Balaban J connectivity index is 4.09. The standard InChI is InChI=1S/C5H13O3P/c1-3-5(6,4-2)9(7)8/h6,9H,3-4H2,1-2H3,(H,7,8). The molecule has 2 N–H and O–H groups in total. The molecule has 0 aromatic rings. The van der Waals surface area contributed by atoms with Crippen molar-refractivity contribution in [2.75, 3.05) is 0 Å². The molecule has 0 fully saturated rings. The molecule has 0 amide bonds. The molecular weight excluding hydrogens is 139 g/mol. The van der Waals surface area contributed by atoms with Crippen LogP contribution >= 0.6 is 8.03 Å². The predicted molar refractivity (Wildman–Crippen MR) is 36.8 cm³/mol. The highest BCUT2D eigenvalue weighted by Gasteiger charge is 2.27. The molecule has 0 aliphatic rings. The van der Waals surface area contributed by atoms with Gasteiger partial charge >= 0.3 is 0 Å². The Labute approximate surface area is 55.6 Å². The lowest BCUT2D eigenvalue weighted by molar-refractivity contribution is 0.107. The van der Waals surface area contributed by atoms with Gasteiger partial charge in [0.1, 0.15) is 5.34 Å². The first kappa shape index (κ1) is 9.15. The van der Waals surface area contributed by atoms with E-state index in [4.69, 9.17) is 4.89 Å². The Kier molecular flexibility index (Phi) is 3.41. The first-order valence-corrected chi connectivity index (χ1v) is 4.38. The highest BCUT2D eigenvalue weighted by Crippen LogP contribution is 2.37. The average Bonchev–Trinajstić information content (AvgIpc) is 1.86. The zero-order valence-electron chi connectivity index (χ0n) is 5.72. The number of hydrogen-bond donors (Lipinski definition) is 2. The van der Waals surface area contributed by atoms with E-state index in [1.807, 2.05) is 0 Å². The second kappa shape index (κ2) is 3.35. The van der Waals surface area contributed by atoms with Gasteiger partial charge in [-0.2, -0.15) is 0 Å². The molecule has 0 aliphatic carbocycles. The zero-order chi connectivity index (χ0) is 7.49. The van der Waals surface area contributed by atoms with Crippen LogP contribution in [-0.4, -0.2) is 15.3 Å². The summed E-state index contributed by atoms with van der Waals surface area (Å²) >= 11 is 0. The smallest absolute Gasteiger partial charge is 0.219 e. The minimum atomic E-state index is -2.77. The van der Waals surface area contributed by atoms with Gasteiger partial charge in [-0.25, -0.2) is 0 Å². The molecule has 0 saturated carbocycles. The summed E-state index contributed by atoms with van der Waals surface area (Å²) in [5, 5.41) is 7.87. The van der Waals surface area contributed by atoms with Gasteiger partial charge in [0.05, 0.1) is 0 Å². The maximum Gasteiger partial charge on any atom is 0.219 e. The Bertz CT molecular complexity index is 109. The van der Waals surface area contributed by atoms with Gasteiger partial charge in [0, 0.05) is 0 Å². The van der Waals surface area contributed by atoms with E-state index < -0.39 is 13.4 Å². The maximum absolute atomic E-state index is 10.4. The summed E-state index contributed by atoms with van der Waals surface area (Å²) in [5.41, 5.74) is 0.